The van der Waals surface area contributed by atoms with Crippen LogP contribution >= 0.6 is 0 Å². The molecule has 3 aliphatic rings. The third-order valence-corrected chi connectivity index (χ3v) is 7.24. The summed E-state index contributed by atoms with van der Waals surface area (Å²) in [6, 6.07) is 6.78. The summed E-state index contributed by atoms with van der Waals surface area (Å²) >= 11 is 0. The number of H-pyrrole nitrogens is 1. The van der Waals surface area contributed by atoms with Crippen molar-refractivity contribution in [3.05, 3.63) is 53.1 Å². The number of hydrogen-bond donors (Lipinski definition) is 5. The SMILES string of the molecule is CCc1cc(O)ccc1C1CCC2C(C1)NNC2c1ncc(C2=C[C@H](COC)NC2)[nH]1. The lowest BCUT2D eigenvalue weighted by atomic mass is 9.73. The van der Waals surface area contributed by atoms with Crippen molar-refractivity contribution in [3.63, 3.8) is 0 Å². The fourth-order valence-electron chi connectivity index (χ4n) is 5.64. The first-order valence-electron chi connectivity index (χ1n) is 11.5. The third kappa shape index (κ3) is 4.03. The van der Waals surface area contributed by atoms with Gasteiger partial charge in [-0.15, -0.1) is 0 Å². The monoisotopic (exact) mass is 423 g/mol. The van der Waals surface area contributed by atoms with Crippen molar-refractivity contribution in [2.75, 3.05) is 20.3 Å². The molecule has 2 aromatic rings. The Kier molecular flexibility index (Phi) is 5.84. The standard InChI is InChI=1S/C24H33N5O2/c1-3-14-9-18(30)5-7-19(14)15-4-6-20-21(10-15)28-29-23(20)24-26-12-22(27-24)16-8-17(13-31-2)25-11-16/h5,7-9,12,15,17,20-21,23,25,28-30H,3-4,6,10-11,13H2,1-2H3,(H,26,27)/t15?,17-,20?,21?,23?/m1/s1. The maximum Gasteiger partial charge on any atom is 0.125 e. The first kappa shape index (κ1) is 20.7. The van der Waals surface area contributed by atoms with Crippen LogP contribution < -0.4 is 16.2 Å². The van der Waals surface area contributed by atoms with Gasteiger partial charge in [-0.05, 0) is 66.4 Å². The van der Waals surface area contributed by atoms with Gasteiger partial charge >= 0.3 is 0 Å². The molecule has 5 N–H and O–H groups in total. The zero-order chi connectivity index (χ0) is 21.4. The summed E-state index contributed by atoms with van der Waals surface area (Å²) in [6.45, 7) is 3.69. The molecule has 2 fully saturated rings. The summed E-state index contributed by atoms with van der Waals surface area (Å²) in [5, 5.41) is 13.3. The normalized spacial score (nSPS) is 30.4. The van der Waals surface area contributed by atoms with Gasteiger partial charge in [-0.25, -0.2) is 10.4 Å². The summed E-state index contributed by atoms with van der Waals surface area (Å²) in [4.78, 5) is 8.30. The van der Waals surface area contributed by atoms with Gasteiger partial charge in [-0.1, -0.05) is 19.1 Å². The lowest BCUT2D eigenvalue weighted by Crippen LogP contribution is -2.35. The predicted octanol–water partition coefficient (Wildman–Crippen LogP) is 2.78. The number of benzene rings is 1. The number of phenolic OH excluding ortho intramolecular Hbond substituents is 1. The van der Waals surface area contributed by atoms with Crippen LogP contribution in [0, 0.1) is 5.92 Å². The van der Waals surface area contributed by atoms with Gasteiger partial charge in [0.25, 0.3) is 0 Å². The number of imidazole rings is 1. The third-order valence-electron chi connectivity index (χ3n) is 7.24. The minimum Gasteiger partial charge on any atom is -0.508 e. The average Bonchev–Trinajstić information content (AvgIpc) is 3.52. The molecule has 1 saturated carbocycles. The molecule has 1 aromatic carbocycles. The molecule has 3 heterocycles. The highest BCUT2D eigenvalue weighted by Gasteiger charge is 2.42. The van der Waals surface area contributed by atoms with Crippen molar-refractivity contribution in [1.29, 1.82) is 0 Å². The van der Waals surface area contributed by atoms with Gasteiger partial charge < -0.3 is 20.1 Å². The molecule has 1 saturated heterocycles. The van der Waals surface area contributed by atoms with Crippen LogP contribution in [0.3, 0.4) is 0 Å². The van der Waals surface area contributed by atoms with Crippen LogP contribution in [0.25, 0.3) is 5.57 Å². The molecule has 7 nitrogen and oxygen atoms in total. The van der Waals surface area contributed by atoms with Gasteiger partial charge in [0, 0.05) is 25.7 Å². The van der Waals surface area contributed by atoms with Crippen LogP contribution in [0.5, 0.6) is 5.75 Å². The molecule has 31 heavy (non-hydrogen) atoms. The number of phenols is 1. The smallest absolute Gasteiger partial charge is 0.125 e. The maximum absolute atomic E-state index is 9.85. The van der Waals surface area contributed by atoms with E-state index < -0.39 is 0 Å². The van der Waals surface area contributed by atoms with Gasteiger partial charge in [0.1, 0.15) is 11.6 Å². The Morgan fingerprint density at radius 3 is 2.97 bits per heavy atom. The Hall–Kier alpha value is -2.19. The van der Waals surface area contributed by atoms with E-state index in [1.807, 2.05) is 18.3 Å². The van der Waals surface area contributed by atoms with E-state index in [2.05, 4.69) is 40.2 Å². The summed E-state index contributed by atoms with van der Waals surface area (Å²) in [5.41, 5.74) is 12.1. The Labute approximate surface area is 183 Å². The maximum atomic E-state index is 9.85. The number of aromatic amines is 1. The molecule has 0 amide bonds. The minimum atomic E-state index is 0.204. The number of rotatable bonds is 6. The zero-order valence-corrected chi connectivity index (χ0v) is 18.3. The Morgan fingerprint density at radius 1 is 1.23 bits per heavy atom. The second-order valence-corrected chi connectivity index (χ2v) is 9.10. The highest BCUT2D eigenvalue weighted by Crippen LogP contribution is 2.44. The zero-order valence-electron chi connectivity index (χ0n) is 18.3. The number of ether oxygens (including phenoxy) is 1. The first-order chi connectivity index (χ1) is 15.2. The predicted molar refractivity (Wildman–Crippen MR) is 121 cm³/mol. The number of hydrogen-bond acceptors (Lipinski definition) is 6. The molecule has 0 spiro atoms. The number of nitrogens with zero attached hydrogens (tertiary/aromatic N) is 1. The van der Waals surface area contributed by atoms with E-state index in [1.165, 1.54) is 23.1 Å². The molecule has 1 aliphatic carbocycles. The van der Waals surface area contributed by atoms with E-state index in [1.54, 1.807) is 7.11 Å². The van der Waals surface area contributed by atoms with Crippen molar-refractivity contribution >= 4 is 5.57 Å². The Balaban J connectivity index is 1.27. The van der Waals surface area contributed by atoms with Crippen molar-refractivity contribution < 1.29 is 9.84 Å². The average molecular weight is 424 g/mol. The molecule has 2 aliphatic heterocycles. The molecule has 0 radical (unpaired) electrons. The number of fused-ring (bicyclic) bond motifs is 1. The summed E-state index contributed by atoms with van der Waals surface area (Å²) in [6.07, 6.45) is 8.57. The van der Waals surface area contributed by atoms with E-state index >= 15 is 0 Å². The molecule has 166 valence electrons. The van der Waals surface area contributed by atoms with Gasteiger partial charge in [0.2, 0.25) is 0 Å². The van der Waals surface area contributed by atoms with E-state index in [0.717, 1.165) is 37.3 Å². The molecule has 5 atom stereocenters. The highest BCUT2D eigenvalue weighted by atomic mass is 16.5. The van der Waals surface area contributed by atoms with Crippen LogP contribution in [0.4, 0.5) is 0 Å². The van der Waals surface area contributed by atoms with E-state index in [4.69, 9.17) is 9.72 Å². The van der Waals surface area contributed by atoms with Gasteiger partial charge in [0.15, 0.2) is 0 Å². The molecule has 0 bridgehead atoms. The van der Waals surface area contributed by atoms with Crippen molar-refractivity contribution in [2.45, 2.75) is 56.7 Å². The van der Waals surface area contributed by atoms with Crippen molar-refractivity contribution in [2.24, 2.45) is 5.92 Å². The fourth-order valence-corrected chi connectivity index (χ4v) is 5.64. The van der Waals surface area contributed by atoms with E-state index in [9.17, 15) is 5.11 Å². The topological polar surface area (TPSA) is 94.2 Å². The van der Waals surface area contributed by atoms with Gasteiger partial charge in [0.05, 0.1) is 24.5 Å². The number of aromatic nitrogens is 2. The van der Waals surface area contributed by atoms with Crippen LogP contribution in [0.1, 0.15) is 60.8 Å². The summed E-state index contributed by atoms with van der Waals surface area (Å²) < 4.78 is 5.25. The number of aryl methyl sites for hydroxylation is 1. The second-order valence-electron chi connectivity index (χ2n) is 9.10. The molecule has 5 rings (SSSR count). The van der Waals surface area contributed by atoms with E-state index in [0.29, 0.717) is 30.2 Å². The lowest BCUT2D eigenvalue weighted by molar-refractivity contribution is 0.184. The van der Waals surface area contributed by atoms with Gasteiger partial charge in [-0.3, -0.25) is 5.43 Å². The van der Waals surface area contributed by atoms with Gasteiger partial charge in [-0.2, -0.15) is 0 Å². The second kappa shape index (κ2) is 8.74. The molecular formula is C24H33N5O2. The highest BCUT2D eigenvalue weighted by molar-refractivity contribution is 5.66. The quantitative estimate of drug-likeness (QED) is 0.491. The number of hydrazine groups is 1. The number of aromatic hydroxyl groups is 1. The summed E-state index contributed by atoms with van der Waals surface area (Å²) in [7, 11) is 1.73. The molecule has 1 aromatic heterocycles. The Bertz CT molecular complexity index is 955. The van der Waals surface area contributed by atoms with Crippen LogP contribution in [0.15, 0.2) is 30.5 Å². The molecule has 4 unspecified atom stereocenters. The summed E-state index contributed by atoms with van der Waals surface area (Å²) in [5.74, 6) is 2.44. The van der Waals surface area contributed by atoms with Crippen LogP contribution in [-0.4, -0.2) is 47.4 Å². The number of methoxy groups -OCH3 is 1. The molecular weight excluding hydrogens is 390 g/mol. The first-order valence-corrected chi connectivity index (χ1v) is 11.5. The van der Waals surface area contributed by atoms with E-state index in [-0.39, 0.29) is 12.1 Å². The lowest BCUT2D eigenvalue weighted by Gasteiger charge is -2.33. The molecule has 7 heteroatoms. The van der Waals surface area contributed by atoms with Crippen molar-refractivity contribution in [3.8, 4) is 5.75 Å². The number of nitrogens with one attached hydrogen (secondary N) is 4. The minimum absolute atomic E-state index is 0.204. The largest absolute Gasteiger partial charge is 0.508 e. The Morgan fingerprint density at radius 2 is 2.13 bits per heavy atom. The van der Waals surface area contributed by atoms with Crippen LogP contribution in [-0.2, 0) is 11.2 Å². The van der Waals surface area contributed by atoms with Crippen molar-refractivity contribution in [1.82, 2.24) is 26.1 Å². The fraction of sp³-hybridized carbons (Fsp3) is 0.542. The van der Waals surface area contributed by atoms with Crippen LogP contribution in [0.2, 0.25) is 0 Å².